The summed E-state index contributed by atoms with van der Waals surface area (Å²) >= 11 is 0. The van der Waals surface area contributed by atoms with Gasteiger partial charge in [-0.05, 0) is 0 Å². The van der Waals surface area contributed by atoms with Crippen molar-refractivity contribution < 1.29 is 17.9 Å². The Morgan fingerprint density at radius 1 is 1.17 bits per heavy atom. The maximum Gasteiger partial charge on any atom is 0.240 e. The molecule has 8 heteroatoms. The fourth-order valence-electron chi connectivity index (χ4n) is 1.21. The molecule has 0 radical (unpaired) electrons. The van der Waals surface area contributed by atoms with Gasteiger partial charge in [0.1, 0.15) is 11.5 Å². The van der Waals surface area contributed by atoms with Crippen LogP contribution in [0.2, 0.25) is 0 Å². The quantitative estimate of drug-likeness (QED) is 0.791. The molecular weight excluding hydrogens is 280 g/mol. The molecule has 1 aromatic rings. The van der Waals surface area contributed by atoms with E-state index >= 15 is 0 Å². The maximum absolute atomic E-state index is 11.8. The SMILES string of the molecule is COc1cc(OC)cc(S(=O)(=O)NCCN)c1.Cl. The van der Waals surface area contributed by atoms with E-state index in [1.54, 1.807) is 6.07 Å². The molecule has 1 rings (SSSR count). The number of nitrogens with two attached hydrogens (primary N) is 1. The van der Waals surface area contributed by atoms with Gasteiger partial charge < -0.3 is 15.2 Å². The molecule has 0 spiro atoms. The molecule has 0 aromatic heterocycles. The van der Waals surface area contributed by atoms with Gasteiger partial charge in [0.05, 0.1) is 19.1 Å². The number of hydrogen-bond donors (Lipinski definition) is 2. The summed E-state index contributed by atoms with van der Waals surface area (Å²) in [5.74, 6) is 0.829. The minimum atomic E-state index is -3.58. The molecule has 0 aliphatic carbocycles. The highest BCUT2D eigenvalue weighted by atomic mass is 35.5. The van der Waals surface area contributed by atoms with E-state index in [4.69, 9.17) is 15.2 Å². The first kappa shape index (κ1) is 17.0. The first-order chi connectivity index (χ1) is 8.03. The molecule has 0 heterocycles. The highest BCUT2D eigenvalue weighted by Gasteiger charge is 2.15. The minimum Gasteiger partial charge on any atom is -0.497 e. The zero-order valence-electron chi connectivity index (χ0n) is 10.2. The molecule has 0 aliphatic heterocycles. The predicted octanol–water partition coefficient (Wildman–Crippen LogP) is 0.363. The van der Waals surface area contributed by atoms with Gasteiger partial charge in [-0.1, -0.05) is 0 Å². The normalized spacial score (nSPS) is 10.6. The van der Waals surface area contributed by atoms with Crippen LogP contribution in [0.1, 0.15) is 0 Å². The van der Waals surface area contributed by atoms with E-state index in [1.807, 2.05) is 0 Å². The highest BCUT2D eigenvalue weighted by Crippen LogP contribution is 2.25. The van der Waals surface area contributed by atoms with Crippen molar-refractivity contribution in [2.24, 2.45) is 5.73 Å². The summed E-state index contributed by atoms with van der Waals surface area (Å²) in [4.78, 5) is 0.0853. The summed E-state index contributed by atoms with van der Waals surface area (Å²) in [5.41, 5.74) is 5.25. The second-order valence-corrected chi connectivity index (χ2v) is 5.00. The number of halogens is 1. The third-order valence-electron chi connectivity index (χ3n) is 2.07. The summed E-state index contributed by atoms with van der Waals surface area (Å²) in [6, 6.07) is 4.44. The molecule has 0 amide bonds. The zero-order chi connectivity index (χ0) is 12.9. The lowest BCUT2D eigenvalue weighted by Crippen LogP contribution is -2.29. The van der Waals surface area contributed by atoms with Crippen LogP contribution >= 0.6 is 12.4 Å². The van der Waals surface area contributed by atoms with E-state index in [0.29, 0.717) is 11.5 Å². The summed E-state index contributed by atoms with van der Waals surface area (Å²) in [5, 5.41) is 0. The minimum absolute atomic E-state index is 0. The van der Waals surface area contributed by atoms with Crippen LogP contribution < -0.4 is 19.9 Å². The molecule has 6 nitrogen and oxygen atoms in total. The van der Waals surface area contributed by atoms with Gasteiger partial charge in [-0.2, -0.15) is 0 Å². The Hall–Kier alpha value is -1.02. The van der Waals surface area contributed by atoms with E-state index in [1.165, 1.54) is 26.4 Å². The lowest BCUT2D eigenvalue weighted by atomic mass is 10.3. The molecule has 0 fully saturated rings. The Kier molecular flexibility index (Phi) is 7.00. The first-order valence-corrected chi connectivity index (χ1v) is 6.44. The Balaban J connectivity index is 0.00000289. The van der Waals surface area contributed by atoms with Crippen molar-refractivity contribution in [1.82, 2.24) is 4.72 Å². The zero-order valence-corrected chi connectivity index (χ0v) is 11.8. The van der Waals surface area contributed by atoms with Crippen molar-refractivity contribution in [3.05, 3.63) is 18.2 Å². The van der Waals surface area contributed by atoms with Gasteiger partial charge in [-0.15, -0.1) is 12.4 Å². The molecule has 3 N–H and O–H groups in total. The topological polar surface area (TPSA) is 90.6 Å². The van der Waals surface area contributed by atoms with Crippen LogP contribution in [0.5, 0.6) is 11.5 Å². The van der Waals surface area contributed by atoms with Crippen LogP contribution in [0.4, 0.5) is 0 Å². The number of rotatable bonds is 6. The van der Waals surface area contributed by atoms with Crippen LogP contribution in [0, 0.1) is 0 Å². The molecular formula is C10H17ClN2O4S. The van der Waals surface area contributed by atoms with Gasteiger partial charge in [-0.3, -0.25) is 0 Å². The molecule has 1 aromatic carbocycles. The van der Waals surface area contributed by atoms with Gasteiger partial charge in [0, 0.05) is 31.3 Å². The predicted molar refractivity (Wildman–Crippen MR) is 71.0 cm³/mol. The molecule has 0 unspecified atom stereocenters. The molecule has 0 aliphatic rings. The van der Waals surface area contributed by atoms with E-state index in [2.05, 4.69) is 4.72 Å². The van der Waals surface area contributed by atoms with E-state index in [9.17, 15) is 8.42 Å². The lowest BCUT2D eigenvalue weighted by molar-refractivity contribution is 0.392. The monoisotopic (exact) mass is 296 g/mol. The Morgan fingerprint density at radius 3 is 2.06 bits per heavy atom. The van der Waals surface area contributed by atoms with Crippen LogP contribution in [-0.2, 0) is 10.0 Å². The number of sulfonamides is 1. The smallest absolute Gasteiger partial charge is 0.240 e. The van der Waals surface area contributed by atoms with Crippen molar-refractivity contribution in [1.29, 1.82) is 0 Å². The number of benzene rings is 1. The Morgan fingerprint density at radius 2 is 1.67 bits per heavy atom. The summed E-state index contributed by atoms with van der Waals surface area (Å²) < 4.78 is 36.1. The van der Waals surface area contributed by atoms with Crippen LogP contribution in [0.25, 0.3) is 0 Å². The average Bonchev–Trinajstić information content (AvgIpc) is 2.35. The standard InChI is InChI=1S/C10H16N2O4S.ClH/c1-15-8-5-9(16-2)7-10(6-8)17(13,14)12-4-3-11;/h5-7,12H,3-4,11H2,1-2H3;1H. The number of methoxy groups -OCH3 is 2. The second-order valence-electron chi connectivity index (χ2n) is 3.23. The largest absolute Gasteiger partial charge is 0.497 e. The van der Waals surface area contributed by atoms with Crippen molar-refractivity contribution in [2.75, 3.05) is 27.3 Å². The molecule has 0 saturated heterocycles. The van der Waals surface area contributed by atoms with Gasteiger partial charge in [0.25, 0.3) is 0 Å². The van der Waals surface area contributed by atoms with E-state index in [0.717, 1.165) is 0 Å². The summed E-state index contributed by atoms with van der Waals surface area (Å²) in [7, 11) is -0.664. The summed E-state index contributed by atoms with van der Waals surface area (Å²) in [6.45, 7) is 0.419. The highest BCUT2D eigenvalue weighted by molar-refractivity contribution is 7.89. The average molecular weight is 297 g/mol. The first-order valence-electron chi connectivity index (χ1n) is 4.96. The van der Waals surface area contributed by atoms with Crippen molar-refractivity contribution >= 4 is 22.4 Å². The molecule has 0 atom stereocenters. The van der Waals surface area contributed by atoms with Crippen molar-refractivity contribution in [2.45, 2.75) is 4.90 Å². The van der Waals surface area contributed by atoms with E-state index < -0.39 is 10.0 Å². The fourth-order valence-corrected chi connectivity index (χ4v) is 2.31. The van der Waals surface area contributed by atoms with Gasteiger partial charge in [-0.25, -0.2) is 13.1 Å². The van der Waals surface area contributed by atoms with Crippen LogP contribution in [0.15, 0.2) is 23.1 Å². The summed E-state index contributed by atoms with van der Waals surface area (Å²) in [6.07, 6.45) is 0. The molecule has 0 saturated carbocycles. The number of ether oxygens (including phenoxy) is 2. The third kappa shape index (κ3) is 4.34. The number of nitrogens with one attached hydrogen (secondary N) is 1. The lowest BCUT2D eigenvalue weighted by Gasteiger charge is -2.09. The second kappa shape index (κ2) is 7.42. The Labute approximate surface area is 113 Å². The fraction of sp³-hybridized carbons (Fsp3) is 0.400. The van der Waals surface area contributed by atoms with Gasteiger partial charge >= 0.3 is 0 Å². The maximum atomic E-state index is 11.8. The molecule has 104 valence electrons. The van der Waals surface area contributed by atoms with E-state index in [-0.39, 0.29) is 30.4 Å². The van der Waals surface area contributed by atoms with Crippen molar-refractivity contribution in [3.63, 3.8) is 0 Å². The van der Waals surface area contributed by atoms with Crippen LogP contribution in [-0.4, -0.2) is 35.7 Å². The third-order valence-corrected chi connectivity index (χ3v) is 3.51. The number of hydrogen-bond acceptors (Lipinski definition) is 5. The van der Waals surface area contributed by atoms with Crippen molar-refractivity contribution in [3.8, 4) is 11.5 Å². The Bertz CT molecular complexity index is 457. The molecule has 18 heavy (non-hydrogen) atoms. The van der Waals surface area contributed by atoms with Crippen LogP contribution in [0.3, 0.4) is 0 Å². The van der Waals surface area contributed by atoms with Gasteiger partial charge in [0.15, 0.2) is 0 Å². The van der Waals surface area contributed by atoms with Gasteiger partial charge in [0.2, 0.25) is 10.0 Å². The molecule has 0 bridgehead atoms.